The van der Waals surface area contributed by atoms with Crippen LogP contribution in [0.5, 0.6) is 0 Å². The molecule has 0 atom stereocenters. The third kappa shape index (κ3) is 4.78. The van der Waals surface area contributed by atoms with Crippen molar-refractivity contribution in [3.63, 3.8) is 0 Å². The number of alkyl halides is 1. The quantitative estimate of drug-likeness (QED) is 0.0578. The number of aliphatic hydroxyl groups excluding tert-OH is 1. The van der Waals surface area contributed by atoms with Crippen molar-refractivity contribution in [2.45, 2.75) is 0 Å². The molecule has 0 aliphatic rings. The molecule has 0 radical (unpaired) electrons. The van der Waals surface area contributed by atoms with Crippen molar-refractivity contribution in [3.8, 4) is 22.5 Å². The van der Waals surface area contributed by atoms with E-state index < -0.39 is 11.9 Å². The average molecular weight is 625 g/mol. The number of H-pyrrole nitrogens is 2. The molecule has 0 saturated heterocycles. The summed E-state index contributed by atoms with van der Waals surface area (Å²) in [6.07, 6.45) is 4.82. The number of aliphatic hydroxyl groups is 1. The SMILES string of the molecule is NC(=O)c1cccc2[nH]c(-c3[nH]nc4ncc(-c5cncc(N(N)C(=O)N(CCO)CCI)c5)cc34)cc12. The molecule has 0 bridgehead atoms. The lowest BCUT2D eigenvalue weighted by Gasteiger charge is -2.26. The zero-order valence-corrected chi connectivity index (χ0v) is 22.2. The molecular weight excluding hydrogens is 601 g/mol. The summed E-state index contributed by atoms with van der Waals surface area (Å²) >= 11 is 2.16. The van der Waals surface area contributed by atoms with Gasteiger partial charge in [0.2, 0.25) is 5.91 Å². The molecule has 0 spiro atoms. The number of nitrogens with one attached hydrogen (secondary N) is 2. The Bertz CT molecular complexity index is 1640. The first-order valence-electron chi connectivity index (χ1n) is 11.6. The molecule has 7 N–H and O–H groups in total. The lowest BCUT2D eigenvalue weighted by atomic mass is 10.1. The van der Waals surface area contributed by atoms with Crippen LogP contribution in [-0.2, 0) is 0 Å². The Labute approximate surface area is 230 Å². The lowest BCUT2D eigenvalue weighted by molar-refractivity contribution is 0.100. The molecule has 4 aromatic heterocycles. The topological polar surface area (TPSA) is 183 Å². The Kier molecular flexibility index (Phi) is 7.22. The largest absolute Gasteiger partial charge is 0.395 e. The van der Waals surface area contributed by atoms with Crippen molar-refractivity contribution in [3.05, 3.63) is 60.6 Å². The van der Waals surface area contributed by atoms with Gasteiger partial charge in [0, 0.05) is 62.9 Å². The minimum absolute atomic E-state index is 0.159. The number of halogens is 1. The number of aromatic amines is 2. The lowest BCUT2D eigenvalue weighted by Crippen LogP contribution is -2.49. The van der Waals surface area contributed by atoms with E-state index in [2.05, 4.69) is 47.7 Å². The zero-order chi connectivity index (χ0) is 26.8. The van der Waals surface area contributed by atoms with Crippen molar-refractivity contribution in [1.82, 2.24) is 30.0 Å². The van der Waals surface area contributed by atoms with Crippen molar-refractivity contribution in [1.29, 1.82) is 0 Å². The van der Waals surface area contributed by atoms with E-state index in [1.807, 2.05) is 18.2 Å². The van der Waals surface area contributed by atoms with Crippen LogP contribution in [0.4, 0.5) is 10.5 Å². The molecular formula is C25H24IN9O3. The Morgan fingerprint density at radius 1 is 1.05 bits per heavy atom. The van der Waals surface area contributed by atoms with Crippen LogP contribution in [-0.4, -0.2) is 71.2 Å². The summed E-state index contributed by atoms with van der Waals surface area (Å²) in [6, 6.07) is 10.4. The highest BCUT2D eigenvalue weighted by Crippen LogP contribution is 2.32. The van der Waals surface area contributed by atoms with Gasteiger partial charge in [-0.2, -0.15) is 5.10 Å². The predicted octanol–water partition coefficient (Wildman–Crippen LogP) is 2.80. The number of amides is 3. The average Bonchev–Trinajstić information content (AvgIpc) is 3.55. The van der Waals surface area contributed by atoms with Gasteiger partial charge in [0.05, 0.1) is 29.9 Å². The number of benzene rings is 1. The van der Waals surface area contributed by atoms with Gasteiger partial charge in [-0.25, -0.2) is 20.6 Å². The summed E-state index contributed by atoms with van der Waals surface area (Å²) in [5.74, 6) is 5.64. The molecule has 0 saturated carbocycles. The van der Waals surface area contributed by atoms with Gasteiger partial charge >= 0.3 is 6.03 Å². The van der Waals surface area contributed by atoms with Crippen LogP contribution in [0.3, 0.4) is 0 Å². The molecule has 38 heavy (non-hydrogen) atoms. The molecule has 1 aromatic carbocycles. The van der Waals surface area contributed by atoms with E-state index in [1.165, 1.54) is 11.1 Å². The number of carbonyl (C=O) groups excluding carboxylic acids is 2. The maximum atomic E-state index is 12.9. The van der Waals surface area contributed by atoms with Gasteiger partial charge in [-0.1, -0.05) is 28.7 Å². The number of anilines is 1. The van der Waals surface area contributed by atoms with Gasteiger partial charge < -0.3 is 20.7 Å². The number of pyridine rings is 2. The second-order valence-electron chi connectivity index (χ2n) is 8.49. The van der Waals surface area contributed by atoms with Gasteiger partial charge in [-0.05, 0) is 30.3 Å². The Morgan fingerprint density at radius 3 is 2.63 bits per heavy atom. The standard InChI is InChI=1S/C25H24IN9O3/c26-4-5-34(6-7-36)25(38)35(28)16-8-14(11-29-13-16)15-9-19-22(32-33-24(19)30-12-15)21-10-18-17(23(27)37)2-1-3-20(18)31-21/h1-3,8-13,31,36H,4-7,28H2,(H2,27,37)(H,30,32,33). The second kappa shape index (κ2) is 10.7. The van der Waals surface area contributed by atoms with Crippen LogP contribution in [0.25, 0.3) is 44.5 Å². The number of rotatable bonds is 8. The third-order valence-electron chi connectivity index (χ3n) is 6.14. The highest BCUT2D eigenvalue weighted by molar-refractivity contribution is 14.1. The minimum atomic E-state index is -0.506. The number of primary amides is 1. The predicted molar refractivity (Wildman–Crippen MR) is 153 cm³/mol. The first kappa shape index (κ1) is 25.6. The molecule has 194 valence electrons. The van der Waals surface area contributed by atoms with E-state index in [0.717, 1.165) is 27.2 Å². The van der Waals surface area contributed by atoms with E-state index in [9.17, 15) is 14.7 Å². The molecule has 5 aromatic rings. The van der Waals surface area contributed by atoms with Gasteiger partial charge in [0.25, 0.3) is 0 Å². The molecule has 4 heterocycles. The van der Waals surface area contributed by atoms with Gasteiger partial charge in [0.1, 0.15) is 0 Å². The number of carbonyl (C=O) groups is 2. The van der Waals surface area contributed by atoms with Gasteiger partial charge in [-0.15, -0.1) is 0 Å². The van der Waals surface area contributed by atoms with E-state index in [0.29, 0.717) is 44.5 Å². The fourth-order valence-corrected chi connectivity index (χ4v) is 4.86. The minimum Gasteiger partial charge on any atom is -0.395 e. The first-order valence-corrected chi connectivity index (χ1v) is 13.2. The van der Waals surface area contributed by atoms with Gasteiger partial charge in [-0.3, -0.25) is 14.9 Å². The van der Waals surface area contributed by atoms with Crippen molar-refractivity contribution in [2.75, 3.05) is 29.1 Å². The zero-order valence-electron chi connectivity index (χ0n) is 20.1. The van der Waals surface area contributed by atoms with Crippen LogP contribution in [0.1, 0.15) is 10.4 Å². The smallest absolute Gasteiger partial charge is 0.339 e. The summed E-state index contributed by atoms with van der Waals surface area (Å²) in [5.41, 5.74) is 10.5. The molecule has 0 aliphatic heterocycles. The highest BCUT2D eigenvalue weighted by Gasteiger charge is 2.20. The molecule has 0 aliphatic carbocycles. The number of hydrogen-bond acceptors (Lipinski definition) is 7. The monoisotopic (exact) mass is 625 g/mol. The van der Waals surface area contributed by atoms with Crippen LogP contribution in [0.2, 0.25) is 0 Å². The van der Waals surface area contributed by atoms with Gasteiger partial charge in [0.15, 0.2) is 5.65 Å². The first-order chi connectivity index (χ1) is 18.4. The van der Waals surface area contributed by atoms with Crippen LogP contribution in [0, 0.1) is 0 Å². The number of nitrogens with zero attached hydrogens (tertiary/aromatic N) is 5. The number of nitrogens with two attached hydrogens (primary N) is 2. The number of aromatic nitrogens is 5. The number of hydrazine groups is 1. The molecule has 3 amide bonds. The molecule has 12 nitrogen and oxygen atoms in total. The number of fused-ring (bicyclic) bond motifs is 2. The molecule has 0 unspecified atom stereocenters. The summed E-state index contributed by atoms with van der Waals surface area (Å²) in [5, 5.41) is 19.1. The van der Waals surface area contributed by atoms with E-state index in [1.54, 1.807) is 30.6 Å². The summed E-state index contributed by atoms with van der Waals surface area (Å²) in [4.78, 5) is 38.3. The molecule has 5 rings (SSSR count). The number of hydrogen-bond donors (Lipinski definition) is 5. The normalized spacial score (nSPS) is 11.2. The van der Waals surface area contributed by atoms with E-state index >= 15 is 0 Å². The fraction of sp³-hybridized carbons (Fsp3) is 0.160. The van der Waals surface area contributed by atoms with Crippen molar-refractivity contribution in [2.24, 2.45) is 11.6 Å². The van der Waals surface area contributed by atoms with E-state index in [4.69, 9.17) is 11.6 Å². The van der Waals surface area contributed by atoms with Crippen molar-refractivity contribution < 1.29 is 14.7 Å². The molecule has 13 heteroatoms. The molecule has 0 fully saturated rings. The van der Waals surface area contributed by atoms with Crippen LogP contribution < -0.4 is 16.6 Å². The highest BCUT2D eigenvalue weighted by atomic mass is 127. The number of urea groups is 1. The maximum absolute atomic E-state index is 12.9. The Balaban J connectivity index is 1.51. The van der Waals surface area contributed by atoms with Crippen molar-refractivity contribution >= 4 is 62.2 Å². The fourth-order valence-electron chi connectivity index (χ4n) is 4.27. The summed E-state index contributed by atoms with van der Waals surface area (Å²) < 4.78 is 0.703. The van der Waals surface area contributed by atoms with Crippen LogP contribution in [0.15, 0.2) is 55.0 Å². The summed E-state index contributed by atoms with van der Waals surface area (Å²) in [7, 11) is 0. The summed E-state index contributed by atoms with van der Waals surface area (Å²) in [6.45, 7) is 0.480. The van der Waals surface area contributed by atoms with Crippen LogP contribution >= 0.6 is 22.6 Å². The Hall–Kier alpha value is -4.08. The maximum Gasteiger partial charge on any atom is 0.339 e. The second-order valence-corrected chi connectivity index (χ2v) is 9.57. The Morgan fingerprint density at radius 2 is 1.87 bits per heavy atom. The van der Waals surface area contributed by atoms with E-state index in [-0.39, 0.29) is 13.2 Å². The third-order valence-corrected chi connectivity index (χ3v) is 6.63.